The quantitative estimate of drug-likeness (QED) is 0.125. The van der Waals surface area contributed by atoms with Gasteiger partial charge in [-0.05, 0) is 32.7 Å². The molecule has 1 aromatic rings. The van der Waals surface area contributed by atoms with Crippen LogP contribution in [0.3, 0.4) is 0 Å². The molecule has 184 valence electrons. The molecule has 10 N–H and O–H groups in total. The van der Waals surface area contributed by atoms with Gasteiger partial charge in [-0.3, -0.25) is 19.2 Å². The predicted octanol–water partition coefficient (Wildman–Crippen LogP) is -2.56. The molecule has 1 aromatic heterocycles. The van der Waals surface area contributed by atoms with Gasteiger partial charge in [-0.25, -0.2) is 9.78 Å². The summed E-state index contributed by atoms with van der Waals surface area (Å²) in [5.74, 6) is -5.12. The van der Waals surface area contributed by atoms with E-state index in [4.69, 9.17) is 16.6 Å². The lowest BCUT2D eigenvalue weighted by molar-refractivity contribution is -0.147. The van der Waals surface area contributed by atoms with Crippen molar-refractivity contribution in [2.75, 3.05) is 6.54 Å². The molecule has 3 amide bonds. The van der Waals surface area contributed by atoms with E-state index in [9.17, 15) is 29.1 Å². The Labute approximate surface area is 189 Å². The molecule has 0 saturated carbocycles. The van der Waals surface area contributed by atoms with Crippen molar-refractivity contribution in [3.8, 4) is 0 Å². The summed E-state index contributed by atoms with van der Waals surface area (Å²) in [5, 5.41) is 25.2. The molecule has 14 heteroatoms. The molecule has 0 aromatic carbocycles. The smallest absolute Gasteiger partial charge is 0.326 e. The van der Waals surface area contributed by atoms with Gasteiger partial charge in [-0.2, -0.15) is 0 Å². The topological polar surface area (TPSA) is 243 Å². The average Bonchev–Trinajstić information content (AvgIpc) is 3.24. The number of hydrogen-bond acceptors (Lipinski definition) is 8. The van der Waals surface area contributed by atoms with Gasteiger partial charge in [0.15, 0.2) is 0 Å². The Balaban J connectivity index is 3.01. The Morgan fingerprint density at radius 1 is 1.00 bits per heavy atom. The number of H-pyrrole nitrogens is 1. The summed E-state index contributed by atoms with van der Waals surface area (Å²) in [6.07, 6.45) is 3.18. The van der Waals surface area contributed by atoms with Crippen LogP contribution >= 0.6 is 0 Å². The molecule has 0 saturated heterocycles. The first kappa shape index (κ1) is 27.5. The summed E-state index contributed by atoms with van der Waals surface area (Å²) in [6.45, 7) is 1.78. The standard InChI is InChI=1S/C19H31N7O7/c1-10(21)16(29)25-13(6-11-8-22-9-23-11)18(31)24-12(4-2-3-5-20)17(30)26-14(19(32)33)7-15(27)28/h8-10,12-14H,2-7,20-21H2,1H3,(H,22,23)(H,24,31)(H,25,29)(H,26,30)(H,27,28)(H,32,33)/t10-,12-,13-,14-/m0/s1. The fourth-order valence-corrected chi connectivity index (χ4v) is 2.81. The maximum Gasteiger partial charge on any atom is 0.326 e. The van der Waals surface area contributed by atoms with Crippen molar-refractivity contribution in [3.05, 3.63) is 18.2 Å². The van der Waals surface area contributed by atoms with Crippen LogP contribution in [0, 0.1) is 0 Å². The highest BCUT2D eigenvalue weighted by Crippen LogP contribution is 2.06. The Kier molecular flexibility index (Phi) is 11.5. The normalized spacial score (nSPS) is 14.4. The fourth-order valence-electron chi connectivity index (χ4n) is 2.81. The number of rotatable bonds is 15. The Morgan fingerprint density at radius 2 is 1.61 bits per heavy atom. The minimum absolute atomic E-state index is 0.00168. The van der Waals surface area contributed by atoms with Crippen molar-refractivity contribution < 1.29 is 34.2 Å². The van der Waals surface area contributed by atoms with Gasteiger partial charge in [0.2, 0.25) is 17.7 Å². The second-order valence-electron chi connectivity index (χ2n) is 7.46. The van der Waals surface area contributed by atoms with Gasteiger partial charge >= 0.3 is 11.9 Å². The highest BCUT2D eigenvalue weighted by Gasteiger charge is 2.31. The molecule has 0 aliphatic rings. The molecule has 0 aliphatic heterocycles. The molecule has 4 atom stereocenters. The minimum atomic E-state index is -1.68. The zero-order valence-corrected chi connectivity index (χ0v) is 18.2. The molecule has 33 heavy (non-hydrogen) atoms. The molecule has 0 aliphatic carbocycles. The second-order valence-corrected chi connectivity index (χ2v) is 7.46. The zero-order valence-electron chi connectivity index (χ0n) is 18.2. The van der Waals surface area contributed by atoms with Crippen LogP contribution in [-0.2, 0) is 30.4 Å². The van der Waals surface area contributed by atoms with Gasteiger partial charge < -0.3 is 42.6 Å². The van der Waals surface area contributed by atoms with Crippen LogP contribution in [0.2, 0.25) is 0 Å². The van der Waals surface area contributed by atoms with E-state index < -0.39 is 60.2 Å². The van der Waals surface area contributed by atoms with Crippen LogP contribution in [0.25, 0.3) is 0 Å². The van der Waals surface area contributed by atoms with E-state index in [1.54, 1.807) is 0 Å². The maximum absolute atomic E-state index is 13.0. The van der Waals surface area contributed by atoms with Crippen molar-refractivity contribution in [2.45, 2.75) is 63.2 Å². The fraction of sp³-hybridized carbons (Fsp3) is 0.579. The summed E-state index contributed by atoms with van der Waals surface area (Å²) in [5.41, 5.74) is 11.5. The van der Waals surface area contributed by atoms with E-state index in [1.165, 1.54) is 19.4 Å². The van der Waals surface area contributed by atoms with Crippen LogP contribution in [0.5, 0.6) is 0 Å². The third-order valence-corrected chi connectivity index (χ3v) is 4.59. The van der Waals surface area contributed by atoms with Crippen molar-refractivity contribution in [3.63, 3.8) is 0 Å². The highest BCUT2D eigenvalue weighted by atomic mass is 16.4. The van der Waals surface area contributed by atoms with Crippen LogP contribution in [0.15, 0.2) is 12.5 Å². The molecule has 1 rings (SSSR count). The maximum atomic E-state index is 13.0. The molecule has 14 nitrogen and oxygen atoms in total. The lowest BCUT2D eigenvalue weighted by Gasteiger charge is -2.24. The number of carboxylic acid groups (broad SMARTS) is 2. The summed E-state index contributed by atoms with van der Waals surface area (Å²) in [6, 6.07) is -4.88. The first-order chi connectivity index (χ1) is 15.5. The number of amides is 3. The summed E-state index contributed by atoms with van der Waals surface area (Å²) in [7, 11) is 0. The lowest BCUT2D eigenvalue weighted by Crippen LogP contribution is -2.57. The molecular formula is C19H31N7O7. The van der Waals surface area contributed by atoms with Crippen LogP contribution < -0.4 is 27.4 Å². The third kappa shape index (κ3) is 10.1. The molecule has 0 fully saturated rings. The summed E-state index contributed by atoms with van der Waals surface area (Å²) < 4.78 is 0. The lowest BCUT2D eigenvalue weighted by atomic mass is 10.1. The zero-order chi connectivity index (χ0) is 25.0. The summed E-state index contributed by atoms with van der Waals surface area (Å²) >= 11 is 0. The average molecular weight is 469 g/mol. The number of aromatic nitrogens is 2. The van der Waals surface area contributed by atoms with E-state index in [-0.39, 0.29) is 12.8 Å². The largest absolute Gasteiger partial charge is 0.481 e. The van der Waals surface area contributed by atoms with Gasteiger partial charge in [0.05, 0.1) is 24.5 Å². The highest BCUT2D eigenvalue weighted by molar-refractivity contribution is 5.94. The number of aromatic amines is 1. The minimum Gasteiger partial charge on any atom is -0.481 e. The summed E-state index contributed by atoms with van der Waals surface area (Å²) in [4.78, 5) is 66.7. The van der Waals surface area contributed by atoms with E-state index in [0.29, 0.717) is 25.1 Å². The molecular weight excluding hydrogens is 438 g/mol. The number of nitrogens with two attached hydrogens (primary N) is 2. The van der Waals surface area contributed by atoms with Crippen molar-refractivity contribution in [1.82, 2.24) is 25.9 Å². The molecule has 0 radical (unpaired) electrons. The van der Waals surface area contributed by atoms with Gasteiger partial charge in [-0.15, -0.1) is 0 Å². The Morgan fingerprint density at radius 3 is 2.12 bits per heavy atom. The van der Waals surface area contributed by atoms with Crippen LogP contribution in [-0.4, -0.2) is 80.6 Å². The Hall–Kier alpha value is -3.52. The molecule has 0 bridgehead atoms. The van der Waals surface area contributed by atoms with Gasteiger partial charge in [0, 0.05) is 12.6 Å². The molecule has 0 unspecified atom stereocenters. The Bertz CT molecular complexity index is 813. The van der Waals surface area contributed by atoms with Gasteiger partial charge in [-0.1, -0.05) is 0 Å². The number of hydrogen-bond donors (Lipinski definition) is 8. The second kappa shape index (κ2) is 13.8. The number of nitrogens with one attached hydrogen (secondary N) is 4. The van der Waals surface area contributed by atoms with Gasteiger partial charge in [0.1, 0.15) is 18.1 Å². The van der Waals surface area contributed by atoms with Gasteiger partial charge in [0.25, 0.3) is 0 Å². The van der Waals surface area contributed by atoms with E-state index in [0.717, 1.165) is 0 Å². The number of carbonyl (C=O) groups is 5. The molecule has 1 heterocycles. The third-order valence-electron chi connectivity index (χ3n) is 4.59. The van der Waals surface area contributed by atoms with Crippen molar-refractivity contribution >= 4 is 29.7 Å². The predicted molar refractivity (Wildman–Crippen MR) is 115 cm³/mol. The SMILES string of the molecule is C[C@H](N)C(=O)N[C@@H](Cc1c[nH]cn1)C(=O)N[C@@H](CCCCN)C(=O)N[C@@H](CC(=O)O)C(=O)O. The van der Waals surface area contributed by atoms with Crippen LogP contribution in [0.1, 0.15) is 38.3 Å². The monoisotopic (exact) mass is 469 g/mol. The number of nitrogens with zero attached hydrogens (tertiary/aromatic N) is 1. The molecule has 0 spiro atoms. The number of aliphatic carboxylic acids is 2. The number of unbranched alkanes of at least 4 members (excludes halogenated alkanes) is 1. The van der Waals surface area contributed by atoms with E-state index >= 15 is 0 Å². The number of carboxylic acids is 2. The first-order valence-corrected chi connectivity index (χ1v) is 10.3. The van der Waals surface area contributed by atoms with Crippen molar-refractivity contribution in [2.24, 2.45) is 11.5 Å². The van der Waals surface area contributed by atoms with E-state index in [1.807, 2.05) is 0 Å². The number of imidazole rings is 1. The van der Waals surface area contributed by atoms with Crippen molar-refractivity contribution in [1.29, 1.82) is 0 Å². The van der Waals surface area contributed by atoms with Crippen LogP contribution in [0.4, 0.5) is 0 Å². The number of carbonyl (C=O) groups excluding carboxylic acids is 3. The first-order valence-electron chi connectivity index (χ1n) is 10.3. The van der Waals surface area contributed by atoms with E-state index in [2.05, 4.69) is 25.9 Å².